The molecule has 3 rings (SSSR count). The summed E-state index contributed by atoms with van der Waals surface area (Å²) in [6, 6.07) is 6.52. The predicted octanol–water partition coefficient (Wildman–Crippen LogP) is 2.61. The van der Waals surface area contributed by atoms with Crippen LogP contribution in [0.1, 0.15) is 30.4 Å². The molecule has 2 aliphatic rings. The van der Waals surface area contributed by atoms with Crippen molar-refractivity contribution < 1.29 is 4.74 Å². The van der Waals surface area contributed by atoms with Crippen molar-refractivity contribution in [2.45, 2.75) is 32.2 Å². The molecule has 0 aromatic heterocycles. The first-order chi connectivity index (χ1) is 7.93. The molecule has 2 heteroatoms. The van der Waals surface area contributed by atoms with Gasteiger partial charge in [0.05, 0.1) is 6.61 Å². The normalized spacial score (nSPS) is 20.5. The molecule has 1 saturated heterocycles. The van der Waals surface area contributed by atoms with Crippen LogP contribution in [0.2, 0.25) is 0 Å². The van der Waals surface area contributed by atoms with Crippen molar-refractivity contribution in [3.05, 3.63) is 29.3 Å². The van der Waals surface area contributed by atoms with E-state index in [1.807, 2.05) is 0 Å². The molecule has 0 saturated carbocycles. The van der Waals surface area contributed by atoms with E-state index in [4.69, 9.17) is 4.74 Å². The summed E-state index contributed by atoms with van der Waals surface area (Å²) in [5, 5.41) is 0. The van der Waals surface area contributed by atoms with Crippen LogP contribution in [0.3, 0.4) is 0 Å². The van der Waals surface area contributed by atoms with Gasteiger partial charge in [-0.15, -0.1) is 0 Å². The van der Waals surface area contributed by atoms with Crippen molar-refractivity contribution in [3.8, 4) is 5.75 Å². The van der Waals surface area contributed by atoms with Crippen LogP contribution < -0.4 is 4.74 Å². The van der Waals surface area contributed by atoms with Gasteiger partial charge in [0.25, 0.3) is 0 Å². The second kappa shape index (κ2) is 4.46. The highest BCUT2D eigenvalue weighted by molar-refractivity contribution is 5.41. The first-order valence-electron chi connectivity index (χ1n) is 6.39. The Bertz CT molecular complexity index is 369. The Kier molecular flexibility index (Phi) is 2.83. The van der Waals surface area contributed by atoms with Crippen molar-refractivity contribution in [1.82, 2.24) is 4.90 Å². The Morgan fingerprint density at radius 3 is 2.88 bits per heavy atom. The lowest BCUT2D eigenvalue weighted by molar-refractivity contribution is 0.283. The predicted molar refractivity (Wildman–Crippen MR) is 64.8 cm³/mol. The van der Waals surface area contributed by atoms with Crippen LogP contribution in [0, 0.1) is 0 Å². The molecule has 2 nitrogen and oxygen atoms in total. The van der Waals surface area contributed by atoms with Gasteiger partial charge in [0.2, 0.25) is 0 Å². The van der Waals surface area contributed by atoms with Crippen molar-refractivity contribution in [2.75, 3.05) is 19.7 Å². The van der Waals surface area contributed by atoms with Gasteiger partial charge in [0.1, 0.15) is 5.75 Å². The fourth-order valence-electron chi connectivity index (χ4n) is 2.79. The van der Waals surface area contributed by atoms with E-state index >= 15 is 0 Å². The molecule has 0 aliphatic carbocycles. The molecule has 0 atom stereocenters. The molecule has 0 spiro atoms. The van der Waals surface area contributed by atoms with Gasteiger partial charge in [0.15, 0.2) is 0 Å². The van der Waals surface area contributed by atoms with Gasteiger partial charge in [-0.3, -0.25) is 4.90 Å². The number of likely N-dealkylation sites (tertiary alicyclic amines) is 1. The second-order valence-corrected chi connectivity index (χ2v) is 4.83. The van der Waals surface area contributed by atoms with Gasteiger partial charge in [-0.2, -0.15) is 0 Å². The molecule has 0 N–H and O–H groups in total. The van der Waals surface area contributed by atoms with E-state index in [-0.39, 0.29) is 0 Å². The van der Waals surface area contributed by atoms with Gasteiger partial charge in [-0.25, -0.2) is 0 Å². The van der Waals surface area contributed by atoms with E-state index in [9.17, 15) is 0 Å². The number of ether oxygens (including phenoxy) is 1. The first-order valence-corrected chi connectivity index (χ1v) is 6.39. The number of hydrogen-bond donors (Lipinski definition) is 0. The molecule has 2 aliphatic heterocycles. The molecule has 0 bridgehead atoms. The van der Waals surface area contributed by atoms with Crippen LogP contribution in [0.15, 0.2) is 18.2 Å². The molecule has 0 radical (unpaired) electrons. The van der Waals surface area contributed by atoms with Crippen molar-refractivity contribution in [3.63, 3.8) is 0 Å². The number of rotatable bonds is 2. The van der Waals surface area contributed by atoms with E-state index in [2.05, 4.69) is 23.1 Å². The summed E-state index contributed by atoms with van der Waals surface area (Å²) in [5.41, 5.74) is 2.94. The summed E-state index contributed by atoms with van der Waals surface area (Å²) in [6.07, 6.45) is 5.10. The summed E-state index contributed by atoms with van der Waals surface area (Å²) in [7, 11) is 0. The Hall–Kier alpha value is -1.02. The summed E-state index contributed by atoms with van der Waals surface area (Å²) in [6.45, 7) is 4.54. The molecule has 1 aromatic rings. The average Bonchev–Trinajstić information content (AvgIpc) is 2.82. The Morgan fingerprint density at radius 1 is 1.12 bits per heavy atom. The maximum atomic E-state index is 5.71. The first kappa shape index (κ1) is 10.2. The minimum absolute atomic E-state index is 0.889. The summed E-state index contributed by atoms with van der Waals surface area (Å²) in [5.74, 6) is 1.13. The van der Waals surface area contributed by atoms with Crippen LogP contribution in [0.25, 0.3) is 0 Å². The van der Waals surface area contributed by atoms with Crippen LogP contribution >= 0.6 is 0 Å². The Balaban J connectivity index is 1.82. The second-order valence-electron chi connectivity index (χ2n) is 4.83. The average molecular weight is 217 g/mol. The van der Waals surface area contributed by atoms with Gasteiger partial charge in [-0.1, -0.05) is 12.1 Å². The molecular weight excluding hydrogens is 198 g/mol. The van der Waals surface area contributed by atoms with Gasteiger partial charge in [-0.05, 0) is 56.0 Å². The number of fused-ring (bicyclic) bond motifs is 1. The SMILES string of the molecule is c1cc(CN2CCCC2)c2c(c1)OCCC2. The third-order valence-corrected chi connectivity index (χ3v) is 3.65. The maximum Gasteiger partial charge on any atom is 0.122 e. The van der Waals surface area contributed by atoms with Gasteiger partial charge < -0.3 is 4.74 Å². The largest absolute Gasteiger partial charge is 0.493 e. The van der Waals surface area contributed by atoms with Gasteiger partial charge >= 0.3 is 0 Å². The standard InChI is InChI=1S/C14H19NO/c1-2-9-15(8-1)11-12-5-3-7-14-13(12)6-4-10-16-14/h3,5,7H,1-2,4,6,8-11H2. The van der Waals surface area contributed by atoms with Crippen molar-refractivity contribution in [1.29, 1.82) is 0 Å². The van der Waals surface area contributed by atoms with Crippen LogP contribution in [-0.2, 0) is 13.0 Å². The van der Waals surface area contributed by atoms with Crippen molar-refractivity contribution >= 4 is 0 Å². The smallest absolute Gasteiger partial charge is 0.122 e. The van der Waals surface area contributed by atoms with E-state index in [0.29, 0.717) is 0 Å². The summed E-state index contributed by atoms with van der Waals surface area (Å²) < 4.78 is 5.71. The van der Waals surface area contributed by atoms with E-state index in [1.54, 1.807) is 0 Å². The molecule has 0 amide bonds. The zero-order valence-corrected chi connectivity index (χ0v) is 9.74. The zero-order valence-electron chi connectivity index (χ0n) is 9.74. The number of nitrogens with zero attached hydrogens (tertiary/aromatic N) is 1. The van der Waals surface area contributed by atoms with E-state index in [0.717, 1.165) is 18.9 Å². The number of benzene rings is 1. The Morgan fingerprint density at radius 2 is 2.00 bits per heavy atom. The minimum Gasteiger partial charge on any atom is -0.493 e. The fraction of sp³-hybridized carbons (Fsp3) is 0.571. The lowest BCUT2D eigenvalue weighted by atomic mass is 9.99. The van der Waals surface area contributed by atoms with Gasteiger partial charge in [0, 0.05) is 6.54 Å². The lowest BCUT2D eigenvalue weighted by Gasteiger charge is -2.22. The monoisotopic (exact) mass is 217 g/mol. The highest BCUT2D eigenvalue weighted by Gasteiger charge is 2.17. The molecule has 1 aromatic carbocycles. The molecule has 1 fully saturated rings. The number of hydrogen-bond acceptors (Lipinski definition) is 2. The molecule has 86 valence electrons. The van der Waals surface area contributed by atoms with Crippen LogP contribution in [0.4, 0.5) is 0 Å². The lowest BCUT2D eigenvalue weighted by Crippen LogP contribution is -2.20. The zero-order chi connectivity index (χ0) is 10.8. The Labute approximate surface area is 97.2 Å². The highest BCUT2D eigenvalue weighted by Crippen LogP contribution is 2.29. The summed E-state index contributed by atoms with van der Waals surface area (Å²) >= 11 is 0. The molecule has 0 unspecified atom stereocenters. The van der Waals surface area contributed by atoms with Crippen molar-refractivity contribution in [2.24, 2.45) is 0 Å². The van der Waals surface area contributed by atoms with Crippen LogP contribution in [-0.4, -0.2) is 24.6 Å². The van der Waals surface area contributed by atoms with E-state index in [1.165, 1.54) is 49.9 Å². The topological polar surface area (TPSA) is 12.5 Å². The fourth-order valence-corrected chi connectivity index (χ4v) is 2.79. The molecular formula is C14H19NO. The highest BCUT2D eigenvalue weighted by atomic mass is 16.5. The maximum absolute atomic E-state index is 5.71. The summed E-state index contributed by atoms with van der Waals surface area (Å²) in [4.78, 5) is 2.56. The molecule has 2 heterocycles. The third-order valence-electron chi connectivity index (χ3n) is 3.65. The van der Waals surface area contributed by atoms with E-state index < -0.39 is 0 Å². The van der Waals surface area contributed by atoms with Crippen LogP contribution in [0.5, 0.6) is 5.75 Å². The third kappa shape index (κ3) is 1.94. The molecule has 16 heavy (non-hydrogen) atoms. The quantitative estimate of drug-likeness (QED) is 0.755. The minimum atomic E-state index is 0.889.